The molecule has 2 aromatic heterocycles. The molecule has 0 unspecified atom stereocenters. The Morgan fingerprint density at radius 2 is 2.35 bits per heavy atom. The van der Waals surface area contributed by atoms with Gasteiger partial charge in [0.25, 0.3) is 0 Å². The summed E-state index contributed by atoms with van der Waals surface area (Å²) in [5, 5.41) is 24.4. The van der Waals surface area contributed by atoms with E-state index in [0.29, 0.717) is 5.16 Å². The predicted molar refractivity (Wildman–Crippen MR) is 59.0 cm³/mol. The Labute approximate surface area is 101 Å². The summed E-state index contributed by atoms with van der Waals surface area (Å²) in [6.07, 6.45) is 1.77. The number of rotatable bonds is 4. The van der Waals surface area contributed by atoms with Crippen LogP contribution in [0.2, 0.25) is 0 Å². The zero-order chi connectivity index (χ0) is 12.4. The van der Waals surface area contributed by atoms with Crippen molar-refractivity contribution < 1.29 is 9.90 Å². The monoisotopic (exact) mass is 254 g/mol. The highest BCUT2D eigenvalue weighted by atomic mass is 32.2. The van der Waals surface area contributed by atoms with Crippen molar-refractivity contribution in [2.45, 2.75) is 12.1 Å². The van der Waals surface area contributed by atoms with Gasteiger partial charge in [-0.25, -0.2) is 0 Å². The van der Waals surface area contributed by atoms with Crippen molar-refractivity contribution in [3.63, 3.8) is 0 Å². The van der Waals surface area contributed by atoms with Gasteiger partial charge in [-0.15, -0.1) is 5.10 Å². The van der Waals surface area contributed by atoms with Crippen molar-refractivity contribution in [1.82, 2.24) is 30.0 Å². The average Bonchev–Trinajstić information content (AvgIpc) is 2.81. The van der Waals surface area contributed by atoms with E-state index in [0.717, 1.165) is 23.1 Å². The third-order valence-electron chi connectivity index (χ3n) is 1.98. The summed E-state index contributed by atoms with van der Waals surface area (Å²) in [5.41, 5.74) is 1.52. The smallest absolute Gasteiger partial charge is 0.313 e. The number of tetrazole rings is 1. The molecule has 0 saturated heterocycles. The molecule has 0 aliphatic carbocycles. The number of aliphatic carboxylic acids is 1. The third-order valence-corrected chi connectivity index (χ3v) is 2.89. The number of nitrogens with zero attached hydrogens (tertiary/aromatic N) is 6. The van der Waals surface area contributed by atoms with Crippen molar-refractivity contribution in [2.24, 2.45) is 7.05 Å². The van der Waals surface area contributed by atoms with E-state index in [1.165, 1.54) is 4.68 Å². The fourth-order valence-corrected chi connectivity index (χ4v) is 1.95. The van der Waals surface area contributed by atoms with E-state index in [1.54, 1.807) is 17.9 Å². The number of thioether (sulfide) groups is 1. The van der Waals surface area contributed by atoms with Gasteiger partial charge < -0.3 is 5.11 Å². The van der Waals surface area contributed by atoms with Gasteiger partial charge in [0.15, 0.2) is 0 Å². The Kier molecular flexibility index (Phi) is 3.09. The highest BCUT2D eigenvalue weighted by Crippen LogP contribution is 2.19. The van der Waals surface area contributed by atoms with Crippen LogP contribution in [0.4, 0.5) is 0 Å². The molecule has 0 fully saturated rings. The number of aromatic nitrogens is 6. The van der Waals surface area contributed by atoms with E-state index in [9.17, 15) is 4.79 Å². The lowest BCUT2D eigenvalue weighted by molar-refractivity contribution is -0.133. The van der Waals surface area contributed by atoms with Gasteiger partial charge in [-0.3, -0.25) is 9.48 Å². The van der Waals surface area contributed by atoms with Crippen LogP contribution >= 0.6 is 11.8 Å². The summed E-state index contributed by atoms with van der Waals surface area (Å²) in [7, 11) is 1.80. The van der Waals surface area contributed by atoms with Crippen LogP contribution in [-0.4, -0.2) is 46.8 Å². The minimum absolute atomic E-state index is 0.0836. The highest BCUT2D eigenvalue weighted by molar-refractivity contribution is 7.99. The van der Waals surface area contributed by atoms with Gasteiger partial charge >= 0.3 is 5.97 Å². The van der Waals surface area contributed by atoms with Gasteiger partial charge in [0, 0.05) is 7.05 Å². The van der Waals surface area contributed by atoms with Crippen molar-refractivity contribution in [2.75, 3.05) is 5.75 Å². The molecule has 0 aliphatic heterocycles. The van der Waals surface area contributed by atoms with E-state index in [1.807, 2.05) is 6.92 Å². The maximum atomic E-state index is 10.5. The molecule has 0 bridgehead atoms. The maximum Gasteiger partial charge on any atom is 0.313 e. The predicted octanol–water partition coefficient (Wildman–Crippen LogP) is -0.119. The molecule has 0 spiro atoms. The summed E-state index contributed by atoms with van der Waals surface area (Å²) < 4.78 is 3.13. The number of hydrogen-bond acceptors (Lipinski definition) is 6. The first-order chi connectivity index (χ1) is 8.08. The van der Waals surface area contributed by atoms with Crippen LogP contribution in [0.3, 0.4) is 0 Å². The molecular formula is C8H10N6O2S. The molecule has 0 atom stereocenters. The van der Waals surface area contributed by atoms with Crippen LogP contribution in [0.5, 0.6) is 0 Å². The SMILES string of the molecule is Cc1nn(C)cc1-n1nnnc1SCC(=O)O. The first kappa shape index (κ1) is 11.6. The normalized spacial score (nSPS) is 10.7. The van der Waals surface area contributed by atoms with Gasteiger partial charge in [0.1, 0.15) is 5.69 Å². The minimum Gasteiger partial charge on any atom is -0.481 e. The molecule has 0 saturated carbocycles. The Balaban J connectivity index is 2.30. The molecule has 1 N–H and O–H groups in total. The molecule has 2 aromatic rings. The summed E-state index contributed by atoms with van der Waals surface area (Å²) in [5.74, 6) is -0.993. The van der Waals surface area contributed by atoms with Gasteiger partial charge in [0.2, 0.25) is 5.16 Å². The van der Waals surface area contributed by atoms with Crippen LogP contribution in [-0.2, 0) is 11.8 Å². The topological polar surface area (TPSA) is 98.7 Å². The quantitative estimate of drug-likeness (QED) is 0.759. The molecule has 9 heteroatoms. The first-order valence-corrected chi connectivity index (χ1v) is 5.70. The fourth-order valence-electron chi connectivity index (χ4n) is 1.34. The summed E-state index contributed by atoms with van der Waals surface area (Å²) >= 11 is 1.06. The number of carboxylic acids is 1. The van der Waals surface area contributed by atoms with E-state index in [-0.39, 0.29) is 5.75 Å². The van der Waals surface area contributed by atoms with Crippen molar-refractivity contribution in [3.05, 3.63) is 11.9 Å². The molecule has 17 heavy (non-hydrogen) atoms. The third kappa shape index (κ3) is 2.44. The Hall–Kier alpha value is -1.90. The molecule has 0 aromatic carbocycles. The maximum absolute atomic E-state index is 10.5. The van der Waals surface area contributed by atoms with E-state index in [4.69, 9.17) is 5.11 Å². The summed E-state index contributed by atoms with van der Waals surface area (Å²) in [6, 6.07) is 0. The molecule has 8 nitrogen and oxygen atoms in total. The Bertz CT molecular complexity index is 548. The summed E-state index contributed by atoms with van der Waals surface area (Å²) in [6.45, 7) is 1.84. The van der Waals surface area contributed by atoms with Crippen LogP contribution in [0, 0.1) is 6.92 Å². The fraction of sp³-hybridized carbons (Fsp3) is 0.375. The molecular weight excluding hydrogens is 244 g/mol. The van der Waals surface area contributed by atoms with Crippen LogP contribution in [0.1, 0.15) is 5.69 Å². The van der Waals surface area contributed by atoms with Crippen molar-refractivity contribution in [1.29, 1.82) is 0 Å². The number of carboxylic acid groups (broad SMARTS) is 1. The van der Waals surface area contributed by atoms with E-state index in [2.05, 4.69) is 20.6 Å². The van der Waals surface area contributed by atoms with Crippen LogP contribution in [0.25, 0.3) is 5.69 Å². The van der Waals surface area contributed by atoms with Crippen molar-refractivity contribution in [3.8, 4) is 5.69 Å². The second-order valence-corrected chi connectivity index (χ2v) is 4.27. The first-order valence-electron chi connectivity index (χ1n) is 4.71. The molecule has 2 heterocycles. The Morgan fingerprint density at radius 3 is 2.94 bits per heavy atom. The minimum atomic E-state index is -0.910. The second-order valence-electron chi connectivity index (χ2n) is 3.33. The van der Waals surface area contributed by atoms with Gasteiger partial charge in [0.05, 0.1) is 17.6 Å². The lowest BCUT2D eigenvalue weighted by Crippen LogP contribution is -2.03. The number of carbonyl (C=O) groups is 1. The highest BCUT2D eigenvalue weighted by Gasteiger charge is 2.14. The van der Waals surface area contributed by atoms with Crippen LogP contribution in [0.15, 0.2) is 11.4 Å². The lowest BCUT2D eigenvalue weighted by atomic mass is 10.4. The second kappa shape index (κ2) is 4.53. The molecule has 0 aliphatic rings. The summed E-state index contributed by atoms with van der Waals surface area (Å²) in [4.78, 5) is 10.5. The number of aryl methyl sites for hydroxylation is 2. The zero-order valence-electron chi connectivity index (χ0n) is 9.23. The molecule has 2 rings (SSSR count). The molecule has 0 amide bonds. The van der Waals surface area contributed by atoms with Gasteiger partial charge in [-0.05, 0) is 17.4 Å². The largest absolute Gasteiger partial charge is 0.481 e. The van der Waals surface area contributed by atoms with Crippen molar-refractivity contribution >= 4 is 17.7 Å². The molecule has 90 valence electrons. The Morgan fingerprint density at radius 1 is 1.59 bits per heavy atom. The van der Waals surface area contributed by atoms with Crippen LogP contribution < -0.4 is 0 Å². The zero-order valence-corrected chi connectivity index (χ0v) is 10.0. The van der Waals surface area contributed by atoms with E-state index < -0.39 is 5.97 Å². The molecule has 0 radical (unpaired) electrons. The lowest BCUT2D eigenvalue weighted by Gasteiger charge is -2.00. The number of hydrogen-bond donors (Lipinski definition) is 1. The average molecular weight is 254 g/mol. The van der Waals surface area contributed by atoms with E-state index >= 15 is 0 Å². The van der Waals surface area contributed by atoms with Gasteiger partial charge in [-0.2, -0.15) is 9.78 Å². The standard InChI is InChI=1S/C8H10N6O2S/c1-5-6(3-13(2)10-5)14-8(9-11-12-14)17-4-7(15)16/h3H,4H2,1-2H3,(H,15,16). The van der Waals surface area contributed by atoms with Gasteiger partial charge in [-0.1, -0.05) is 11.8 Å².